The number of rotatable bonds is 4. The molecule has 4 atom stereocenters. The predicted molar refractivity (Wildman–Crippen MR) is 152 cm³/mol. The van der Waals surface area contributed by atoms with Gasteiger partial charge in [0.15, 0.2) is 11.5 Å². The number of H-pyrrole nitrogens is 1. The molecule has 0 bridgehead atoms. The third-order valence-corrected chi connectivity index (χ3v) is 9.12. The summed E-state index contributed by atoms with van der Waals surface area (Å²) in [6.45, 7) is 2.86. The molecular formula is C32H28N4O5. The zero-order chi connectivity index (χ0) is 27.9. The number of imide groups is 1. The Morgan fingerprint density at radius 2 is 1.76 bits per heavy atom. The summed E-state index contributed by atoms with van der Waals surface area (Å²) in [5.74, 6) is -1.60. The second-order valence-electron chi connectivity index (χ2n) is 11.1. The summed E-state index contributed by atoms with van der Waals surface area (Å²) in [5.41, 5.74) is 3.52. The van der Waals surface area contributed by atoms with Gasteiger partial charge in [-0.25, -0.2) is 4.90 Å². The van der Waals surface area contributed by atoms with Crippen LogP contribution in [-0.4, -0.2) is 42.0 Å². The first-order valence-electron chi connectivity index (χ1n) is 14.0. The van der Waals surface area contributed by atoms with E-state index in [-0.39, 0.29) is 11.8 Å². The highest BCUT2D eigenvalue weighted by atomic mass is 16.6. The zero-order valence-corrected chi connectivity index (χ0v) is 22.4. The molecule has 1 aromatic heterocycles. The number of carbonyl (C=O) groups is 3. The van der Waals surface area contributed by atoms with Crippen LogP contribution in [0.4, 0.5) is 11.4 Å². The molecule has 9 nitrogen and oxygen atoms in total. The van der Waals surface area contributed by atoms with E-state index < -0.39 is 29.3 Å². The van der Waals surface area contributed by atoms with E-state index in [1.807, 2.05) is 55.6 Å². The Hall–Kier alpha value is -4.63. The highest BCUT2D eigenvalue weighted by Gasteiger charge is 2.70. The SMILES string of the molecule is CCc1cccc2c1NC(=O)[C@@]21N[C@H](Cc2c[nH]c3ccccc23)[C@@H]2C(=O)N(c3ccc4c(c3)OCCO4)C(=O)[C@H]21. The van der Waals surface area contributed by atoms with E-state index in [9.17, 15) is 14.4 Å². The van der Waals surface area contributed by atoms with Gasteiger partial charge in [0.05, 0.1) is 17.5 Å². The Morgan fingerprint density at radius 3 is 2.61 bits per heavy atom. The summed E-state index contributed by atoms with van der Waals surface area (Å²) in [7, 11) is 0. The molecule has 5 heterocycles. The highest BCUT2D eigenvalue weighted by Crippen LogP contribution is 2.55. The fraction of sp³-hybridized carbons (Fsp3) is 0.281. The molecule has 0 unspecified atom stereocenters. The third-order valence-electron chi connectivity index (χ3n) is 9.12. The number of nitrogens with one attached hydrogen (secondary N) is 3. The van der Waals surface area contributed by atoms with Gasteiger partial charge in [0, 0.05) is 40.5 Å². The number of benzene rings is 3. The summed E-state index contributed by atoms with van der Waals surface area (Å²) >= 11 is 0. The number of para-hydroxylation sites is 2. The fourth-order valence-corrected chi connectivity index (χ4v) is 7.32. The average molecular weight is 549 g/mol. The van der Waals surface area contributed by atoms with E-state index in [1.165, 1.54) is 4.90 Å². The lowest BCUT2D eigenvalue weighted by Crippen LogP contribution is -2.53. The molecule has 0 radical (unpaired) electrons. The Bertz CT molecular complexity index is 1780. The molecule has 4 aliphatic heterocycles. The Labute approximate surface area is 235 Å². The quantitative estimate of drug-likeness (QED) is 0.336. The van der Waals surface area contributed by atoms with Gasteiger partial charge in [-0.05, 0) is 42.2 Å². The van der Waals surface area contributed by atoms with Gasteiger partial charge in [-0.15, -0.1) is 0 Å². The van der Waals surface area contributed by atoms with Gasteiger partial charge in [0.2, 0.25) is 17.7 Å². The number of anilines is 2. The molecule has 9 heteroatoms. The molecule has 8 rings (SSSR count). The third kappa shape index (κ3) is 3.23. The summed E-state index contributed by atoms with van der Waals surface area (Å²) in [6, 6.07) is 18.4. The minimum Gasteiger partial charge on any atom is -0.486 e. The summed E-state index contributed by atoms with van der Waals surface area (Å²) in [5, 5.41) is 7.70. The monoisotopic (exact) mass is 548 g/mol. The lowest BCUT2D eigenvalue weighted by atomic mass is 9.76. The first-order chi connectivity index (χ1) is 20.0. The van der Waals surface area contributed by atoms with Gasteiger partial charge in [0.1, 0.15) is 18.8 Å². The minimum absolute atomic E-state index is 0.296. The fourth-order valence-electron chi connectivity index (χ4n) is 7.32. The highest BCUT2D eigenvalue weighted by molar-refractivity contribution is 6.26. The molecule has 206 valence electrons. The number of aromatic amines is 1. The number of hydrogen-bond donors (Lipinski definition) is 3. The van der Waals surface area contributed by atoms with Crippen molar-refractivity contribution in [2.24, 2.45) is 11.8 Å². The molecule has 4 aromatic rings. The van der Waals surface area contributed by atoms with Crippen molar-refractivity contribution in [1.29, 1.82) is 0 Å². The van der Waals surface area contributed by atoms with E-state index in [2.05, 4.69) is 15.6 Å². The van der Waals surface area contributed by atoms with E-state index in [4.69, 9.17) is 9.47 Å². The number of aromatic nitrogens is 1. The number of aryl methyl sites for hydroxylation is 1. The van der Waals surface area contributed by atoms with Crippen LogP contribution in [0.5, 0.6) is 11.5 Å². The van der Waals surface area contributed by atoms with Crippen molar-refractivity contribution in [2.45, 2.75) is 31.3 Å². The van der Waals surface area contributed by atoms with Gasteiger partial charge >= 0.3 is 0 Å². The Kier molecular flexibility index (Phi) is 5.12. The van der Waals surface area contributed by atoms with E-state index in [0.29, 0.717) is 36.8 Å². The second-order valence-corrected chi connectivity index (χ2v) is 11.1. The lowest BCUT2D eigenvalue weighted by Gasteiger charge is -2.30. The number of carbonyl (C=O) groups excluding carboxylic acids is 3. The lowest BCUT2D eigenvalue weighted by molar-refractivity contribution is -0.130. The van der Waals surface area contributed by atoms with Crippen LogP contribution in [0.15, 0.2) is 66.9 Å². The molecule has 0 saturated carbocycles. The molecule has 1 spiro atoms. The minimum atomic E-state index is -1.36. The predicted octanol–water partition coefficient (Wildman–Crippen LogP) is 3.67. The second kappa shape index (κ2) is 8.68. The molecule has 3 amide bonds. The van der Waals surface area contributed by atoms with Crippen molar-refractivity contribution in [3.05, 3.63) is 83.6 Å². The maximum absolute atomic E-state index is 14.4. The standard InChI is InChI=1S/C32H28N4O5/c1-2-17-6-5-8-21-28(17)34-31(39)32(21)27-26(23(35-32)14-18-16-33-22-9-4-3-7-20(18)22)29(37)36(30(27)38)19-10-11-24-25(15-19)41-13-12-40-24/h3-11,15-16,23,26-27,33,35H,2,12-14H2,1H3,(H,34,39)/t23-,26+,27+,32-/m1/s1. The van der Waals surface area contributed by atoms with Crippen molar-refractivity contribution in [2.75, 3.05) is 23.4 Å². The maximum Gasteiger partial charge on any atom is 0.250 e. The Balaban J connectivity index is 1.27. The van der Waals surface area contributed by atoms with E-state index in [0.717, 1.165) is 39.7 Å². The van der Waals surface area contributed by atoms with Crippen LogP contribution in [0.2, 0.25) is 0 Å². The van der Waals surface area contributed by atoms with Gasteiger partial charge in [-0.2, -0.15) is 0 Å². The maximum atomic E-state index is 14.4. The smallest absolute Gasteiger partial charge is 0.250 e. The molecule has 2 saturated heterocycles. The molecule has 41 heavy (non-hydrogen) atoms. The molecule has 3 aromatic carbocycles. The van der Waals surface area contributed by atoms with Gasteiger partial charge in [-0.3, -0.25) is 19.7 Å². The van der Waals surface area contributed by atoms with Crippen LogP contribution in [0.3, 0.4) is 0 Å². The van der Waals surface area contributed by atoms with Gasteiger partial charge in [-0.1, -0.05) is 43.3 Å². The van der Waals surface area contributed by atoms with Crippen LogP contribution in [0, 0.1) is 11.8 Å². The van der Waals surface area contributed by atoms with Crippen molar-refractivity contribution < 1.29 is 23.9 Å². The molecular weight excluding hydrogens is 520 g/mol. The van der Waals surface area contributed by atoms with Crippen LogP contribution in [-0.2, 0) is 32.8 Å². The van der Waals surface area contributed by atoms with E-state index >= 15 is 0 Å². The molecule has 2 fully saturated rings. The first-order valence-corrected chi connectivity index (χ1v) is 14.0. The largest absolute Gasteiger partial charge is 0.486 e. The molecule has 3 N–H and O–H groups in total. The number of ether oxygens (including phenoxy) is 2. The van der Waals surface area contributed by atoms with Crippen LogP contribution in [0.25, 0.3) is 10.9 Å². The zero-order valence-electron chi connectivity index (χ0n) is 22.4. The van der Waals surface area contributed by atoms with Crippen molar-refractivity contribution in [1.82, 2.24) is 10.3 Å². The molecule has 0 aliphatic carbocycles. The van der Waals surface area contributed by atoms with Gasteiger partial charge < -0.3 is 19.8 Å². The summed E-state index contributed by atoms with van der Waals surface area (Å²) in [6.07, 6.45) is 3.14. The van der Waals surface area contributed by atoms with Crippen molar-refractivity contribution >= 4 is 40.0 Å². The van der Waals surface area contributed by atoms with Crippen molar-refractivity contribution in [3.63, 3.8) is 0 Å². The summed E-state index contributed by atoms with van der Waals surface area (Å²) in [4.78, 5) is 47.3. The Morgan fingerprint density at radius 1 is 0.927 bits per heavy atom. The number of fused-ring (bicyclic) bond motifs is 6. The van der Waals surface area contributed by atoms with E-state index in [1.54, 1.807) is 18.2 Å². The topological polar surface area (TPSA) is 113 Å². The number of nitrogens with zero attached hydrogens (tertiary/aromatic N) is 1. The van der Waals surface area contributed by atoms with Crippen LogP contribution < -0.4 is 25.0 Å². The molecule has 4 aliphatic rings. The first kappa shape index (κ1) is 24.2. The average Bonchev–Trinajstić information content (AvgIpc) is 3.71. The number of amides is 3. The van der Waals surface area contributed by atoms with Crippen LogP contribution in [0.1, 0.15) is 23.6 Å². The van der Waals surface area contributed by atoms with Crippen molar-refractivity contribution in [3.8, 4) is 11.5 Å². The number of hydrogen-bond acceptors (Lipinski definition) is 6. The normalized spacial score (nSPS) is 26.1. The van der Waals surface area contributed by atoms with Gasteiger partial charge in [0.25, 0.3) is 0 Å². The summed E-state index contributed by atoms with van der Waals surface area (Å²) < 4.78 is 11.4. The van der Waals surface area contributed by atoms with Crippen LogP contribution >= 0.6 is 0 Å².